The lowest BCUT2D eigenvalue weighted by atomic mass is 9.47. The van der Waals surface area contributed by atoms with Crippen molar-refractivity contribution in [2.75, 3.05) is 0 Å². The second-order valence-corrected chi connectivity index (χ2v) is 14.8. The van der Waals surface area contributed by atoms with Crippen LogP contribution < -0.4 is 0 Å². The summed E-state index contributed by atoms with van der Waals surface area (Å²) in [5.41, 5.74) is 3.49. The number of rotatable bonds is 5. The first-order valence-electron chi connectivity index (χ1n) is 10.5. The molecule has 0 aliphatic heterocycles. The number of fused-ring (bicyclic) bond motifs is 1. The minimum atomic E-state index is -1.81. The first-order valence-corrected chi connectivity index (χ1v) is 13.9. The molecule has 0 amide bonds. The average Bonchev–Trinajstić information content (AvgIpc) is 2.50. The molecule has 0 radical (unpaired) electrons. The molecule has 0 bridgehead atoms. The third-order valence-electron chi connectivity index (χ3n) is 7.42. The standard InChI is InChI=1S/C23H40O2Si/c1-17(16-21(24)25-26(6,7)8)12-14-22(4)19(3)13-15-23(5)18(2)10-9-11-20(22)23/h10,16,19-20H,9,11-15H2,1-8H3/b17-16-. The van der Waals surface area contributed by atoms with Gasteiger partial charge >= 0.3 is 5.97 Å². The van der Waals surface area contributed by atoms with Gasteiger partial charge in [0.25, 0.3) is 0 Å². The molecule has 4 atom stereocenters. The van der Waals surface area contributed by atoms with Crippen LogP contribution in [0.2, 0.25) is 19.6 Å². The zero-order valence-electron chi connectivity index (χ0n) is 18.4. The topological polar surface area (TPSA) is 26.3 Å². The van der Waals surface area contributed by atoms with Crippen molar-refractivity contribution in [2.24, 2.45) is 22.7 Å². The smallest absolute Gasteiger partial charge is 0.317 e. The Balaban J connectivity index is 2.11. The van der Waals surface area contributed by atoms with Gasteiger partial charge in [-0.05, 0) is 94.7 Å². The van der Waals surface area contributed by atoms with Gasteiger partial charge in [-0.15, -0.1) is 0 Å². The fraction of sp³-hybridized carbons (Fsp3) is 0.783. The SMILES string of the molecule is CC1=CCCC2C1(C)CCC(C)C2(C)CC/C(C)=C\C(=O)O[Si](C)(C)C. The van der Waals surface area contributed by atoms with Gasteiger partial charge in [0.05, 0.1) is 0 Å². The Labute approximate surface area is 162 Å². The Bertz CT molecular complexity index is 598. The van der Waals surface area contributed by atoms with Crippen LogP contribution in [0, 0.1) is 22.7 Å². The predicted octanol–water partition coefficient (Wildman–Crippen LogP) is 6.89. The van der Waals surface area contributed by atoms with Crippen molar-refractivity contribution in [3.05, 3.63) is 23.3 Å². The number of carbonyl (C=O) groups is 1. The highest BCUT2D eigenvalue weighted by molar-refractivity contribution is 6.71. The molecule has 26 heavy (non-hydrogen) atoms. The summed E-state index contributed by atoms with van der Waals surface area (Å²) < 4.78 is 5.58. The van der Waals surface area contributed by atoms with Crippen molar-refractivity contribution < 1.29 is 9.22 Å². The van der Waals surface area contributed by atoms with Crippen LogP contribution in [0.25, 0.3) is 0 Å². The molecule has 2 aliphatic rings. The molecule has 3 heteroatoms. The van der Waals surface area contributed by atoms with E-state index in [1.165, 1.54) is 32.1 Å². The molecule has 1 fully saturated rings. The summed E-state index contributed by atoms with van der Waals surface area (Å²) in [5.74, 6) is 1.35. The van der Waals surface area contributed by atoms with Crippen molar-refractivity contribution in [3.63, 3.8) is 0 Å². The second-order valence-electron chi connectivity index (χ2n) is 10.4. The van der Waals surface area contributed by atoms with E-state index in [1.54, 1.807) is 11.6 Å². The monoisotopic (exact) mass is 376 g/mol. The van der Waals surface area contributed by atoms with Crippen LogP contribution in [0.5, 0.6) is 0 Å². The lowest BCUT2D eigenvalue weighted by Crippen LogP contribution is -2.49. The summed E-state index contributed by atoms with van der Waals surface area (Å²) in [6, 6.07) is 0. The van der Waals surface area contributed by atoms with E-state index in [0.29, 0.717) is 10.8 Å². The molecule has 2 rings (SSSR count). The van der Waals surface area contributed by atoms with Gasteiger partial charge in [-0.25, -0.2) is 4.79 Å². The second kappa shape index (κ2) is 7.65. The highest BCUT2D eigenvalue weighted by Gasteiger charge is 2.52. The van der Waals surface area contributed by atoms with E-state index in [1.807, 2.05) is 0 Å². The minimum Gasteiger partial charge on any atom is -0.517 e. The fourth-order valence-electron chi connectivity index (χ4n) is 5.40. The van der Waals surface area contributed by atoms with Crippen LogP contribution in [-0.2, 0) is 9.22 Å². The molecular formula is C23H40O2Si. The summed E-state index contributed by atoms with van der Waals surface area (Å²) in [7, 11) is -1.81. The zero-order valence-corrected chi connectivity index (χ0v) is 19.4. The molecule has 2 aliphatic carbocycles. The van der Waals surface area contributed by atoms with Crippen LogP contribution in [0.1, 0.15) is 73.1 Å². The summed E-state index contributed by atoms with van der Waals surface area (Å²) >= 11 is 0. The van der Waals surface area contributed by atoms with Crippen LogP contribution in [0.3, 0.4) is 0 Å². The van der Waals surface area contributed by atoms with E-state index in [0.717, 1.165) is 23.8 Å². The fourth-order valence-corrected chi connectivity index (χ4v) is 6.07. The van der Waals surface area contributed by atoms with Crippen molar-refractivity contribution in [1.82, 2.24) is 0 Å². The van der Waals surface area contributed by atoms with Crippen molar-refractivity contribution >= 4 is 14.3 Å². The highest BCUT2D eigenvalue weighted by atomic mass is 28.4. The predicted molar refractivity (Wildman–Crippen MR) is 114 cm³/mol. The van der Waals surface area contributed by atoms with E-state index in [2.05, 4.69) is 60.3 Å². The Morgan fingerprint density at radius 1 is 1.31 bits per heavy atom. The summed E-state index contributed by atoms with van der Waals surface area (Å²) in [4.78, 5) is 12.1. The Kier molecular flexibility index (Phi) is 6.32. The first kappa shape index (κ1) is 21.5. The molecule has 1 saturated carbocycles. The van der Waals surface area contributed by atoms with E-state index in [-0.39, 0.29) is 5.97 Å². The van der Waals surface area contributed by atoms with Gasteiger partial charge in [-0.3, -0.25) is 0 Å². The van der Waals surface area contributed by atoms with Gasteiger partial charge in [0.1, 0.15) is 0 Å². The van der Waals surface area contributed by atoms with E-state index < -0.39 is 8.32 Å². The van der Waals surface area contributed by atoms with Gasteiger partial charge in [-0.2, -0.15) is 0 Å². The maximum Gasteiger partial charge on any atom is 0.317 e. The minimum absolute atomic E-state index is 0.148. The molecular weight excluding hydrogens is 336 g/mol. The van der Waals surface area contributed by atoms with Crippen molar-refractivity contribution in [2.45, 2.75) is 92.8 Å². The highest BCUT2D eigenvalue weighted by Crippen LogP contribution is 2.61. The summed E-state index contributed by atoms with van der Waals surface area (Å²) in [5, 5.41) is 0. The van der Waals surface area contributed by atoms with Gasteiger partial charge in [0.15, 0.2) is 0 Å². The maximum atomic E-state index is 12.1. The van der Waals surface area contributed by atoms with E-state index in [9.17, 15) is 4.79 Å². The summed E-state index contributed by atoms with van der Waals surface area (Å²) in [6.45, 7) is 18.1. The number of allylic oxidation sites excluding steroid dienone is 3. The zero-order chi connectivity index (χ0) is 19.8. The molecule has 148 valence electrons. The van der Waals surface area contributed by atoms with Crippen molar-refractivity contribution in [3.8, 4) is 0 Å². The van der Waals surface area contributed by atoms with Crippen LogP contribution in [0.15, 0.2) is 23.3 Å². The third kappa shape index (κ3) is 4.52. The van der Waals surface area contributed by atoms with Gasteiger partial charge in [0, 0.05) is 6.08 Å². The first-order chi connectivity index (χ1) is 11.9. The number of hydrogen-bond acceptors (Lipinski definition) is 2. The van der Waals surface area contributed by atoms with Crippen LogP contribution in [0.4, 0.5) is 0 Å². The van der Waals surface area contributed by atoms with Crippen molar-refractivity contribution in [1.29, 1.82) is 0 Å². The lowest BCUT2D eigenvalue weighted by molar-refractivity contribution is -0.129. The lowest BCUT2D eigenvalue weighted by Gasteiger charge is -2.58. The molecule has 4 unspecified atom stereocenters. The van der Waals surface area contributed by atoms with Crippen LogP contribution >= 0.6 is 0 Å². The van der Waals surface area contributed by atoms with Gasteiger partial charge < -0.3 is 4.43 Å². The largest absolute Gasteiger partial charge is 0.517 e. The number of carbonyl (C=O) groups excluding carboxylic acids is 1. The Morgan fingerprint density at radius 2 is 1.96 bits per heavy atom. The maximum absolute atomic E-state index is 12.1. The van der Waals surface area contributed by atoms with Crippen LogP contribution in [-0.4, -0.2) is 14.3 Å². The molecule has 0 aromatic heterocycles. The quantitative estimate of drug-likeness (QED) is 0.297. The molecule has 0 saturated heterocycles. The molecule has 0 N–H and O–H groups in total. The molecule has 0 spiro atoms. The Morgan fingerprint density at radius 3 is 2.58 bits per heavy atom. The third-order valence-corrected chi connectivity index (χ3v) is 8.24. The Hall–Kier alpha value is -0.833. The van der Waals surface area contributed by atoms with Gasteiger partial charge in [0.2, 0.25) is 8.32 Å². The van der Waals surface area contributed by atoms with Gasteiger partial charge in [-0.1, -0.05) is 38.0 Å². The molecule has 0 heterocycles. The molecule has 0 aromatic rings. The van der Waals surface area contributed by atoms with E-state index >= 15 is 0 Å². The summed E-state index contributed by atoms with van der Waals surface area (Å²) in [6.07, 6.45) is 11.6. The number of hydrogen-bond donors (Lipinski definition) is 0. The average molecular weight is 377 g/mol. The molecule has 2 nitrogen and oxygen atoms in total. The normalized spacial score (nSPS) is 35.5. The van der Waals surface area contributed by atoms with E-state index in [4.69, 9.17) is 4.43 Å². The molecule has 0 aromatic carbocycles.